The number of ether oxygens (including phenoxy) is 2. The van der Waals surface area contributed by atoms with Crippen LogP contribution in [0.2, 0.25) is 0 Å². The molecule has 1 atom stereocenters. The maximum absolute atomic E-state index is 13.5. The van der Waals surface area contributed by atoms with Gasteiger partial charge in [-0.2, -0.15) is 0 Å². The fourth-order valence-electron chi connectivity index (χ4n) is 4.01. The SMILES string of the molecule is COc1ccc(-c2coc3c(CC=C(C)C)c4c(c(O)c3c2=O)CC(C(C)(C)O)O4)cc1. The Hall–Kier alpha value is -3.25. The van der Waals surface area contributed by atoms with Gasteiger partial charge < -0.3 is 24.1 Å². The normalized spacial score (nSPS) is 15.4. The Morgan fingerprint density at radius 2 is 1.94 bits per heavy atom. The number of aliphatic hydroxyl groups is 1. The summed E-state index contributed by atoms with van der Waals surface area (Å²) in [6.07, 6.45) is 3.68. The first-order chi connectivity index (χ1) is 15.1. The first kappa shape index (κ1) is 22.0. The average Bonchev–Trinajstić information content (AvgIpc) is 3.20. The lowest BCUT2D eigenvalue weighted by molar-refractivity contribution is -0.0232. The minimum atomic E-state index is -1.11. The van der Waals surface area contributed by atoms with Gasteiger partial charge in [-0.1, -0.05) is 23.8 Å². The summed E-state index contributed by atoms with van der Waals surface area (Å²) >= 11 is 0. The van der Waals surface area contributed by atoms with Crippen molar-refractivity contribution in [1.29, 1.82) is 0 Å². The number of phenols is 1. The molecule has 4 rings (SSSR count). The third-order valence-corrected chi connectivity index (χ3v) is 5.89. The zero-order chi connectivity index (χ0) is 23.2. The van der Waals surface area contributed by atoms with Crippen molar-refractivity contribution in [3.8, 4) is 28.4 Å². The predicted molar refractivity (Wildman–Crippen MR) is 124 cm³/mol. The van der Waals surface area contributed by atoms with Gasteiger partial charge in [0, 0.05) is 17.5 Å². The van der Waals surface area contributed by atoms with Crippen LogP contribution >= 0.6 is 0 Å². The lowest BCUT2D eigenvalue weighted by Crippen LogP contribution is -2.39. The number of hydrogen-bond donors (Lipinski definition) is 2. The molecule has 0 saturated carbocycles. The molecule has 3 aromatic rings. The monoisotopic (exact) mass is 436 g/mol. The molecule has 2 heterocycles. The maximum atomic E-state index is 13.5. The molecule has 0 saturated heterocycles. The quantitative estimate of drug-likeness (QED) is 0.561. The van der Waals surface area contributed by atoms with Crippen LogP contribution in [0.25, 0.3) is 22.1 Å². The van der Waals surface area contributed by atoms with Crippen LogP contribution < -0.4 is 14.9 Å². The molecule has 1 unspecified atom stereocenters. The molecule has 1 aliphatic rings. The van der Waals surface area contributed by atoms with Crippen molar-refractivity contribution in [1.82, 2.24) is 0 Å². The van der Waals surface area contributed by atoms with Crippen molar-refractivity contribution in [2.45, 2.75) is 52.2 Å². The van der Waals surface area contributed by atoms with E-state index in [2.05, 4.69) is 0 Å². The molecular weight excluding hydrogens is 408 g/mol. The molecule has 2 aromatic carbocycles. The van der Waals surface area contributed by atoms with Crippen LogP contribution in [0.15, 0.2) is 51.4 Å². The van der Waals surface area contributed by atoms with Crippen LogP contribution in [0, 0.1) is 0 Å². The second-order valence-corrected chi connectivity index (χ2v) is 9.00. The number of hydrogen-bond acceptors (Lipinski definition) is 6. The Labute approximate surface area is 186 Å². The van der Waals surface area contributed by atoms with E-state index in [1.165, 1.54) is 6.26 Å². The van der Waals surface area contributed by atoms with Gasteiger partial charge in [0.1, 0.15) is 40.6 Å². The third kappa shape index (κ3) is 3.75. The van der Waals surface area contributed by atoms with Crippen LogP contribution in [-0.2, 0) is 12.8 Å². The van der Waals surface area contributed by atoms with Gasteiger partial charge in [-0.25, -0.2) is 0 Å². The van der Waals surface area contributed by atoms with Gasteiger partial charge in [-0.15, -0.1) is 0 Å². The molecule has 0 aliphatic carbocycles. The van der Waals surface area contributed by atoms with E-state index in [1.54, 1.807) is 45.2 Å². The Morgan fingerprint density at radius 1 is 1.25 bits per heavy atom. The van der Waals surface area contributed by atoms with Crippen LogP contribution in [0.4, 0.5) is 0 Å². The van der Waals surface area contributed by atoms with Gasteiger partial charge in [0.05, 0.1) is 18.3 Å². The lowest BCUT2D eigenvalue weighted by Gasteiger charge is -2.24. The highest BCUT2D eigenvalue weighted by Crippen LogP contribution is 2.46. The lowest BCUT2D eigenvalue weighted by atomic mass is 9.93. The largest absolute Gasteiger partial charge is 0.507 e. The van der Waals surface area contributed by atoms with Gasteiger partial charge >= 0.3 is 0 Å². The van der Waals surface area contributed by atoms with Crippen molar-refractivity contribution in [3.63, 3.8) is 0 Å². The van der Waals surface area contributed by atoms with Crippen molar-refractivity contribution in [2.24, 2.45) is 0 Å². The Balaban J connectivity index is 1.96. The number of methoxy groups -OCH3 is 1. The zero-order valence-electron chi connectivity index (χ0n) is 19.0. The number of benzene rings is 2. The fraction of sp³-hybridized carbons (Fsp3) is 0.346. The second-order valence-electron chi connectivity index (χ2n) is 9.00. The minimum absolute atomic E-state index is 0.134. The summed E-state index contributed by atoms with van der Waals surface area (Å²) in [5, 5.41) is 21.8. The summed E-state index contributed by atoms with van der Waals surface area (Å²) in [5.41, 5.74) is 2.21. The van der Waals surface area contributed by atoms with Gasteiger partial charge in [0.25, 0.3) is 0 Å². The van der Waals surface area contributed by atoms with Gasteiger partial charge in [0.15, 0.2) is 0 Å². The van der Waals surface area contributed by atoms with E-state index in [1.807, 2.05) is 19.9 Å². The molecule has 2 N–H and O–H groups in total. The first-order valence-corrected chi connectivity index (χ1v) is 10.6. The molecule has 1 aromatic heterocycles. The highest BCUT2D eigenvalue weighted by atomic mass is 16.5. The maximum Gasteiger partial charge on any atom is 0.204 e. The molecule has 0 amide bonds. The summed E-state index contributed by atoms with van der Waals surface area (Å²) in [4.78, 5) is 13.5. The molecule has 168 valence electrons. The first-order valence-electron chi connectivity index (χ1n) is 10.6. The topological polar surface area (TPSA) is 89.1 Å². The Kier molecular flexibility index (Phi) is 5.51. The van der Waals surface area contributed by atoms with Crippen LogP contribution in [0.3, 0.4) is 0 Å². The van der Waals surface area contributed by atoms with Crippen molar-refractivity contribution < 1.29 is 24.1 Å². The standard InChI is InChI=1S/C26H28O6/c1-14(2)6-11-17-24-18(12-20(32-24)26(3,4)29)22(27)21-23(28)19(13-31-25(17)21)15-7-9-16(30-5)10-8-15/h6-10,13,20,27,29H,11-12H2,1-5H3. The summed E-state index contributed by atoms with van der Waals surface area (Å²) in [7, 11) is 1.58. The zero-order valence-corrected chi connectivity index (χ0v) is 19.0. The summed E-state index contributed by atoms with van der Waals surface area (Å²) in [5.74, 6) is 1.02. The van der Waals surface area contributed by atoms with E-state index in [4.69, 9.17) is 13.9 Å². The van der Waals surface area contributed by atoms with E-state index < -0.39 is 11.7 Å². The van der Waals surface area contributed by atoms with Crippen molar-refractivity contribution in [2.75, 3.05) is 7.11 Å². The number of allylic oxidation sites excluding steroid dienone is 2. The van der Waals surface area contributed by atoms with Crippen LogP contribution in [0.1, 0.15) is 38.8 Å². The summed E-state index contributed by atoms with van der Waals surface area (Å²) < 4.78 is 17.2. The Bertz CT molecular complexity index is 1250. The predicted octanol–water partition coefficient (Wildman–Crippen LogP) is 4.76. The Morgan fingerprint density at radius 3 is 2.53 bits per heavy atom. The van der Waals surface area contributed by atoms with Gasteiger partial charge in [-0.05, 0) is 51.8 Å². The molecule has 32 heavy (non-hydrogen) atoms. The molecule has 0 radical (unpaired) electrons. The molecular formula is C26H28O6. The average molecular weight is 437 g/mol. The van der Waals surface area contributed by atoms with E-state index in [0.717, 1.165) is 5.57 Å². The molecule has 1 aliphatic heterocycles. The van der Waals surface area contributed by atoms with E-state index in [9.17, 15) is 15.0 Å². The fourth-order valence-corrected chi connectivity index (χ4v) is 4.01. The number of fused-ring (bicyclic) bond motifs is 2. The van der Waals surface area contributed by atoms with Gasteiger partial charge in [-0.3, -0.25) is 4.79 Å². The molecule has 0 bridgehead atoms. The smallest absolute Gasteiger partial charge is 0.204 e. The summed E-state index contributed by atoms with van der Waals surface area (Å²) in [6.45, 7) is 7.31. The van der Waals surface area contributed by atoms with Crippen LogP contribution in [-0.4, -0.2) is 29.0 Å². The minimum Gasteiger partial charge on any atom is -0.507 e. The van der Waals surface area contributed by atoms with Crippen LogP contribution in [0.5, 0.6) is 17.2 Å². The number of phenolic OH excluding ortho intramolecular Hbond substituents is 1. The van der Waals surface area contributed by atoms with Gasteiger partial charge in [0.2, 0.25) is 5.43 Å². The second kappa shape index (κ2) is 8.02. The highest BCUT2D eigenvalue weighted by molar-refractivity contribution is 5.93. The highest BCUT2D eigenvalue weighted by Gasteiger charge is 2.39. The molecule has 6 nitrogen and oxygen atoms in total. The van der Waals surface area contributed by atoms with Crippen molar-refractivity contribution >= 4 is 11.0 Å². The summed E-state index contributed by atoms with van der Waals surface area (Å²) in [6, 6.07) is 7.09. The third-order valence-electron chi connectivity index (χ3n) is 5.89. The van der Waals surface area contributed by atoms with E-state index in [-0.39, 0.29) is 16.6 Å². The van der Waals surface area contributed by atoms with Crippen molar-refractivity contribution in [3.05, 3.63) is 63.5 Å². The molecule has 0 spiro atoms. The molecule has 6 heteroatoms. The van der Waals surface area contributed by atoms with E-state index in [0.29, 0.717) is 52.2 Å². The van der Waals surface area contributed by atoms with E-state index >= 15 is 0 Å². The number of aromatic hydroxyl groups is 1. The molecule has 0 fully saturated rings. The number of rotatable bonds is 5.